The van der Waals surface area contributed by atoms with Gasteiger partial charge in [-0.2, -0.15) is 0 Å². The fourth-order valence-corrected chi connectivity index (χ4v) is 5.14. The normalized spacial score (nSPS) is 11.0. The van der Waals surface area contributed by atoms with E-state index in [0.29, 0.717) is 25.7 Å². The Morgan fingerprint density at radius 3 is 0.914 bits per heavy atom. The molecule has 2 aromatic carbocycles. The van der Waals surface area contributed by atoms with Crippen LogP contribution in [-0.2, 0) is 9.59 Å². The van der Waals surface area contributed by atoms with Crippen LogP contribution in [0.4, 0.5) is 0 Å². The van der Waals surface area contributed by atoms with Crippen LogP contribution in [0.25, 0.3) is 0 Å². The van der Waals surface area contributed by atoms with E-state index in [1.807, 2.05) is 0 Å². The second-order valence-corrected chi connectivity index (χ2v) is 10.8. The molecular formula is C21H14Cl10O4. The predicted octanol–water partition coefficient (Wildman–Crippen LogP) is 11.5. The Balaban J connectivity index is 1.72. The molecule has 0 N–H and O–H groups in total. The number of hydrogen-bond acceptors (Lipinski definition) is 4. The van der Waals surface area contributed by atoms with Gasteiger partial charge in [0.15, 0.2) is 11.5 Å². The largest absolute Gasteiger partial charge is 0.423 e. The molecule has 0 radical (unpaired) electrons. The van der Waals surface area contributed by atoms with Crippen LogP contribution in [0.2, 0.25) is 50.2 Å². The maximum atomic E-state index is 12.1. The van der Waals surface area contributed by atoms with E-state index in [-0.39, 0.29) is 74.6 Å². The van der Waals surface area contributed by atoms with Gasteiger partial charge in [-0.05, 0) is 12.8 Å². The second-order valence-electron chi connectivity index (χ2n) is 7.01. The highest BCUT2D eigenvalue weighted by Crippen LogP contribution is 2.49. The van der Waals surface area contributed by atoms with E-state index in [9.17, 15) is 9.59 Å². The summed E-state index contributed by atoms with van der Waals surface area (Å²) in [5.74, 6) is -1.39. The van der Waals surface area contributed by atoms with Gasteiger partial charge in [0, 0.05) is 12.8 Å². The van der Waals surface area contributed by atoms with E-state index >= 15 is 0 Å². The van der Waals surface area contributed by atoms with E-state index in [4.69, 9.17) is 125 Å². The summed E-state index contributed by atoms with van der Waals surface area (Å²) < 4.78 is 10.4. The summed E-state index contributed by atoms with van der Waals surface area (Å²) in [5.41, 5.74) is 0. The fraction of sp³-hybridized carbons (Fsp3) is 0.333. The molecule has 0 amide bonds. The molecule has 0 saturated carbocycles. The van der Waals surface area contributed by atoms with E-state index in [0.717, 1.165) is 6.42 Å². The zero-order valence-corrected chi connectivity index (χ0v) is 24.9. The average Bonchev–Trinajstić information content (AvgIpc) is 2.83. The highest BCUT2D eigenvalue weighted by molar-refractivity contribution is 6.56. The smallest absolute Gasteiger partial charge is 0.311 e. The Hall–Kier alpha value is 0.280. The molecule has 0 unspecified atom stereocenters. The van der Waals surface area contributed by atoms with E-state index in [1.165, 1.54) is 0 Å². The lowest BCUT2D eigenvalue weighted by Crippen LogP contribution is -2.09. The van der Waals surface area contributed by atoms with Gasteiger partial charge in [0.05, 0.1) is 30.1 Å². The fourth-order valence-electron chi connectivity index (χ4n) is 2.75. The van der Waals surface area contributed by atoms with E-state index in [1.54, 1.807) is 0 Å². The first-order valence-electron chi connectivity index (χ1n) is 9.82. The van der Waals surface area contributed by atoms with Gasteiger partial charge in [-0.3, -0.25) is 9.59 Å². The second kappa shape index (κ2) is 14.4. The van der Waals surface area contributed by atoms with Crippen molar-refractivity contribution in [2.45, 2.75) is 44.9 Å². The molecular weight excluding hydrogens is 671 g/mol. The Kier molecular flexibility index (Phi) is 13.0. The third-order valence-electron chi connectivity index (χ3n) is 4.53. The lowest BCUT2D eigenvalue weighted by atomic mass is 10.1. The van der Waals surface area contributed by atoms with Crippen molar-refractivity contribution in [3.63, 3.8) is 0 Å². The number of unbranched alkanes of at least 4 members (excludes halogenated alkanes) is 4. The van der Waals surface area contributed by atoms with Crippen molar-refractivity contribution in [3.8, 4) is 11.5 Å². The number of carbonyl (C=O) groups excluding carboxylic acids is 2. The molecule has 2 rings (SSSR count). The quantitative estimate of drug-likeness (QED) is 0.0822. The molecule has 2 aromatic rings. The van der Waals surface area contributed by atoms with Crippen molar-refractivity contribution in [3.05, 3.63) is 50.2 Å². The minimum absolute atomic E-state index is 0.0287. The SMILES string of the molecule is O=C(CCCCCCCC(=O)Oc1c(Cl)c(Cl)c(Cl)c(Cl)c1Cl)Oc1c(Cl)c(Cl)c(Cl)c(Cl)c1Cl. The van der Waals surface area contributed by atoms with Crippen LogP contribution in [0, 0.1) is 0 Å². The van der Waals surface area contributed by atoms with Crippen molar-refractivity contribution in [2.24, 2.45) is 0 Å². The molecule has 0 fully saturated rings. The third kappa shape index (κ3) is 8.13. The number of hydrogen-bond donors (Lipinski definition) is 0. The lowest BCUT2D eigenvalue weighted by molar-refractivity contribution is -0.135. The molecule has 14 heteroatoms. The minimum Gasteiger partial charge on any atom is -0.423 e. The van der Waals surface area contributed by atoms with Crippen LogP contribution in [0.3, 0.4) is 0 Å². The number of benzene rings is 2. The van der Waals surface area contributed by atoms with Crippen molar-refractivity contribution < 1.29 is 19.1 Å². The Labute approximate surface area is 251 Å². The van der Waals surface area contributed by atoms with Crippen LogP contribution in [0.1, 0.15) is 44.9 Å². The molecule has 4 nitrogen and oxygen atoms in total. The highest BCUT2D eigenvalue weighted by Gasteiger charge is 2.23. The van der Waals surface area contributed by atoms with E-state index < -0.39 is 11.9 Å². The number of ether oxygens (including phenoxy) is 2. The van der Waals surface area contributed by atoms with Gasteiger partial charge in [0.25, 0.3) is 0 Å². The number of halogens is 10. The molecule has 0 atom stereocenters. The molecule has 0 heterocycles. The first-order chi connectivity index (χ1) is 16.4. The zero-order valence-electron chi connectivity index (χ0n) is 17.4. The van der Waals surface area contributed by atoms with E-state index in [2.05, 4.69) is 0 Å². The zero-order chi connectivity index (χ0) is 26.4. The maximum Gasteiger partial charge on any atom is 0.311 e. The Bertz CT molecular complexity index is 991. The van der Waals surface area contributed by atoms with Crippen LogP contribution >= 0.6 is 116 Å². The van der Waals surface area contributed by atoms with Gasteiger partial charge < -0.3 is 9.47 Å². The predicted molar refractivity (Wildman–Crippen MR) is 147 cm³/mol. The summed E-state index contributed by atoms with van der Waals surface area (Å²) in [6, 6.07) is 0. The summed E-state index contributed by atoms with van der Waals surface area (Å²) >= 11 is 59.8. The minimum atomic E-state index is -0.555. The van der Waals surface area contributed by atoms with Crippen molar-refractivity contribution in [1.82, 2.24) is 0 Å². The van der Waals surface area contributed by atoms with Crippen molar-refractivity contribution >= 4 is 128 Å². The monoisotopic (exact) mass is 680 g/mol. The average molecular weight is 685 g/mol. The summed E-state index contributed by atoms with van der Waals surface area (Å²) in [5, 5.41) is -0.695. The van der Waals surface area contributed by atoms with Crippen LogP contribution in [-0.4, -0.2) is 11.9 Å². The summed E-state index contributed by atoms with van der Waals surface area (Å²) in [6.07, 6.45) is 3.51. The molecule has 0 aliphatic rings. The van der Waals surface area contributed by atoms with Gasteiger partial charge in [0.1, 0.15) is 20.1 Å². The van der Waals surface area contributed by atoms with Crippen molar-refractivity contribution in [1.29, 1.82) is 0 Å². The molecule has 0 bridgehead atoms. The molecule has 0 aliphatic carbocycles. The summed E-state index contributed by atoms with van der Waals surface area (Å²) in [6.45, 7) is 0. The molecule has 0 aliphatic heterocycles. The van der Waals surface area contributed by atoms with Gasteiger partial charge in [0.2, 0.25) is 0 Å². The van der Waals surface area contributed by atoms with Crippen LogP contribution in [0.15, 0.2) is 0 Å². The maximum absolute atomic E-state index is 12.1. The van der Waals surface area contributed by atoms with Crippen LogP contribution < -0.4 is 9.47 Å². The molecule has 0 aromatic heterocycles. The number of rotatable bonds is 10. The molecule has 0 spiro atoms. The molecule has 0 saturated heterocycles. The van der Waals surface area contributed by atoms with Gasteiger partial charge in [-0.1, -0.05) is 135 Å². The third-order valence-corrected chi connectivity index (χ3v) is 9.02. The summed E-state index contributed by atoms with van der Waals surface area (Å²) in [7, 11) is 0. The lowest BCUT2D eigenvalue weighted by Gasteiger charge is -2.12. The highest BCUT2D eigenvalue weighted by atomic mass is 35.5. The molecule has 192 valence electrons. The van der Waals surface area contributed by atoms with Crippen molar-refractivity contribution in [2.75, 3.05) is 0 Å². The summed E-state index contributed by atoms with van der Waals surface area (Å²) in [4.78, 5) is 24.3. The number of carbonyl (C=O) groups is 2. The van der Waals surface area contributed by atoms with Crippen LogP contribution in [0.5, 0.6) is 11.5 Å². The first-order valence-corrected chi connectivity index (χ1v) is 13.6. The number of esters is 2. The van der Waals surface area contributed by atoms with Gasteiger partial charge in [-0.25, -0.2) is 0 Å². The standard InChI is InChI=1S/C21H14Cl10O4/c22-10-12(24)16(28)20(17(29)13(10)25)34-8(32)6-4-2-1-3-5-7-9(33)35-21-18(30)14(26)11(23)15(27)19(21)31/h1-7H2. The topological polar surface area (TPSA) is 52.6 Å². The first kappa shape index (κ1) is 31.5. The van der Waals surface area contributed by atoms with Gasteiger partial charge >= 0.3 is 11.9 Å². The molecule has 35 heavy (non-hydrogen) atoms. The Morgan fingerprint density at radius 1 is 0.400 bits per heavy atom. The van der Waals surface area contributed by atoms with Gasteiger partial charge in [-0.15, -0.1) is 0 Å². The Morgan fingerprint density at radius 2 is 0.629 bits per heavy atom.